The molecule has 1 aromatic heterocycles. The minimum Gasteiger partial charge on any atom is -0.406 e. The maximum atomic E-state index is 5.71. The van der Waals surface area contributed by atoms with E-state index in [4.69, 9.17) is 4.42 Å². The third-order valence-corrected chi connectivity index (χ3v) is 3.88. The summed E-state index contributed by atoms with van der Waals surface area (Å²) in [6.07, 6.45) is 7.34. The van der Waals surface area contributed by atoms with Crippen molar-refractivity contribution in [3.8, 4) is 0 Å². The number of aromatic nitrogens is 2. The van der Waals surface area contributed by atoms with E-state index in [9.17, 15) is 0 Å². The van der Waals surface area contributed by atoms with Gasteiger partial charge in [-0.05, 0) is 39.7 Å². The number of nitrogens with one attached hydrogen (secondary N) is 2. The van der Waals surface area contributed by atoms with Crippen molar-refractivity contribution < 1.29 is 4.42 Å². The first-order chi connectivity index (χ1) is 9.13. The van der Waals surface area contributed by atoms with Gasteiger partial charge in [-0.15, -0.1) is 5.10 Å². The number of nitrogens with zero attached hydrogens (tertiary/aromatic N) is 2. The molecule has 1 saturated carbocycles. The van der Waals surface area contributed by atoms with E-state index in [1.54, 1.807) is 0 Å². The van der Waals surface area contributed by atoms with E-state index < -0.39 is 0 Å². The van der Waals surface area contributed by atoms with Crippen LogP contribution < -0.4 is 10.6 Å². The molecular weight excluding hydrogens is 240 g/mol. The van der Waals surface area contributed by atoms with Gasteiger partial charge in [-0.2, -0.15) is 0 Å². The zero-order valence-corrected chi connectivity index (χ0v) is 12.3. The molecule has 19 heavy (non-hydrogen) atoms. The Balaban J connectivity index is 1.93. The van der Waals surface area contributed by atoms with Gasteiger partial charge in [0.1, 0.15) is 0 Å². The van der Waals surface area contributed by atoms with Crippen LogP contribution in [0, 0.1) is 0 Å². The SMILES string of the molecule is CCCNC(C)c1nnc(NC2(C)CCCCC2)o1. The summed E-state index contributed by atoms with van der Waals surface area (Å²) in [6, 6.07) is 0.673. The van der Waals surface area contributed by atoms with Gasteiger partial charge in [0.2, 0.25) is 5.89 Å². The van der Waals surface area contributed by atoms with E-state index >= 15 is 0 Å². The molecule has 1 fully saturated rings. The quantitative estimate of drug-likeness (QED) is 0.827. The molecule has 0 aliphatic heterocycles. The van der Waals surface area contributed by atoms with Crippen molar-refractivity contribution in [2.45, 2.75) is 70.9 Å². The predicted molar refractivity (Wildman–Crippen MR) is 76.1 cm³/mol. The molecule has 0 aromatic carbocycles. The second-order valence-electron chi connectivity index (χ2n) is 5.87. The third-order valence-electron chi connectivity index (χ3n) is 3.88. The monoisotopic (exact) mass is 266 g/mol. The van der Waals surface area contributed by atoms with Gasteiger partial charge in [-0.25, -0.2) is 0 Å². The van der Waals surface area contributed by atoms with E-state index in [0.29, 0.717) is 11.9 Å². The highest BCUT2D eigenvalue weighted by atomic mass is 16.4. The van der Waals surface area contributed by atoms with Crippen LogP contribution in [0.1, 0.15) is 71.2 Å². The summed E-state index contributed by atoms with van der Waals surface area (Å²) in [4.78, 5) is 0. The Bertz CT molecular complexity index is 385. The molecule has 1 unspecified atom stereocenters. The van der Waals surface area contributed by atoms with Crippen LogP contribution in [0.3, 0.4) is 0 Å². The first-order valence-electron chi connectivity index (χ1n) is 7.48. The fourth-order valence-electron chi connectivity index (χ4n) is 2.62. The van der Waals surface area contributed by atoms with Crippen LogP contribution >= 0.6 is 0 Å². The Morgan fingerprint density at radius 1 is 1.26 bits per heavy atom. The molecule has 1 aromatic rings. The van der Waals surface area contributed by atoms with Crippen LogP contribution in [0.2, 0.25) is 0 Å². The molecule has 1 atom stereocenters. The van der Waals surface area contributed by atoms with Crippen molar-refractivity contribution in [2.75, 3.05) is 11.9 Å². The van der Waals surface area contributed by atoms with Crippen molar-refractivity contribution in [3.05, 3.63) is 5.89 Å². The third kappa shape index (κ3) is 3.93. The molecule has 0 bridgehead atoms. The molecule has 0 saturated heterocycles. The zero-order chi connectivity index (χ0) is 13.7. The van der Waals surface area contributed by atoms with E-state index in [-0.39, 0.29) is 11.6 Å². The van der Waals surface area contributed by atoms with Gasteiger partial charge in [-0.1, -0.05) is 31.3 Å². The van der Waals surface area contributed by atoms with Crippen molar-refractivity contribution in [1.29, 1.82) is 0 Å². The summed E-state index contributed by atoms with van der Waals surface area (Å²) in [5.41, 5.74) is 0.113. The highest BCUT2D eigenvalue weighted by molar-refractivity contribution is 5.24. The Kier molecular flexibility index (Phi) is 4.80. The number of rotatable bonds is 6. The molecule has 2 rings (SSSR count). The lowest BCUT2D eigenvalue weighted by molar-refractivity contribution is 0.336. The molecule has 1 heterocycles. The van der Waals surface area contributed by atoms with Gasteiger partial charge in [0.25, 0.3) is 0 Å². The minimum atomic E-state index is 0.113. The first kappa shape index (κ1) is 14.3. The van der Waals surface area contributed by atoms with Crippen molar-refractivity contribution in [2.24, 2.45) is 0 Å². The van der Waals surface area contributed by atoms with Crippen molar-refractivity contribution >= 4 is 6.01 Å². The summed E-state index contributed by atoms with van der Waals surface area (Å²) >= 11 is 0. The van der Waals surface area contributed by atoms with E-state index in [0.717, 1.165) is 13.0 Å². The molecular formula is C14H26N4O. The van der Waals surface area contributed by atoms with Crippen LogP contribution in [0.15, 0.2) is 4.42 Å². The highest BCUT2D eigenvalue weighted by Gasteiger charge is 2.28. The smallest absolute Gasteiger partial charge is 0.315 e. The Labute approximate surface area is 115 Å². The maximum absolute atomic E-state index is 5.71. The molecule has 2 N–H and O–H groups in total. The Morgan fingerprint density at radius 3 is 2.68 bits per heavy atom. The fourth-order valence-corrected chi connectivity index (χ4v) is 2.62. The summed E-state index contributed by atoms with van der Waals surface area (Å²) in [7, 11) is 0. The van der Waals surface area contributed by atoms with Crippen LogP contribution in [0.5, 0.6) is 0 Å². The Morgan fingerprint density at radius 2 is 2.00 bits per heavy atom. The number of hydrogen-bond donors (Lipinski definition) is 2. The molecule has 108 valence electrons. The second kappa shape index (κ2) is 6.37. The topological polar surface area (TPSA) is 63.0 Å². The Hall–Kier alpha value is -1.10. The van der Waals surface area contributed by atoms with Crippen LogP contribution in [-0.2, 0) is 0 Å². The van der Waals surface area contributed by atoms with Gasteiger partial charge in [0, 0.05) is 5.54 Å². The summed E-state index contributed by atoms with van der Waals surface area (Å²) in [5, 5.41) is 15.0. The number of anilines is 1. The normalized spacial score (nSPS) is 20.2. The molecule has 0 radical (unpaired) electrons. The minimum absolute atomic E-state index is 0.113. The predicted octanol–water partition coefficient (Wildman–Crippen LogP) is 3.26. The molecule has 0 amide bonds. The van der Waals surface area contributed by atoms with Crippen LogP contribution in [0.4, 0.5) is 6.01 Å². The lowest BCUT2D eigenvalue weighted by atomic mass is 9.83. The molecule has 5 heteroatoms. The molecule has 1 aliphatic carbocycles. The van der Waals surface area contributed by atoms with Crippen LogP contribution in [-0.4, -0.2) is 22.3 Å². The highest BCUT2D eigenvalue weighted by Crippen LogP contribution is 2.31. The van der Waals surface area contributed by atoms with E-state index in [2.05, 4.69) is 41.6 Å². The number of hydrogen-bond acceptors (Lipinski definition) is 5. The lowest BCUT2D eigenvalue weighted by Crippen LogP contribution is -2.36. The largest absolute Gasteiger partial charge is 0.406 e. The summed E-state index contributed by atoms with van der Waals surface area (Å²) < 4.78 is 5.71. The zero-order valence-electron chi connectivity index (χ0n) is 12.3. The molecule has 0 spiro atoms. The van der Waals surface area contributed by atoms with Gasteiger partial charge in [0.05, 0.1) is 6.04 Å². The van der Waals surface area contributed by atoms with Gasteiger partial charge < -0.3 is 15.1 Å². The van der Waals surface area contributed by atoms with E-state index in [1.807, 2.05) is 0 Å². The van der Waals surface area contributed by atoms with Gasteiger partial charge in [-0.3, -0.25) is 0 Å². The molecule has 5 nitrogen and oxygen atoms in total. The maximum Gasteiger partial charge on any atom is 0.315 e. The second-order valence-corrected chi connectivity index (χ2v) is 5.87. The average molecular weight is 266 g/mol. The van der Waals surface area contributed by atoms with Crippen LogP contribution in [0.25, 0.3) is 0 Å². The van der Waals surface area contributed by atoms with Crippen molar-refractivity contribution in [3.63, 3.8) is 0 Å². The summed E-state index contributed by atoms with van der Waals surface area (Å²) in [6.45, 7) is 7.40. The first-order valence-corrected chi connectivity index (χ1v) is 7.48. The average Bonchev–Trinajstić information content (AvgIpc) is 2.84. The van der Waals surface area contributed by atoms with Gasteiger partial charge >= 0.3 is 6.01 Å². The molecule has 1 aliphatic rings. The fraction of sp³-hybridized carbons (Fsp3) is 0.857. The van der Waals surface area contributed by atoms with Crippen molar-refractivity contribution in [1.82, 2.24) is 15.5 Å². The van der Waals surface area contributed by atoms with E-state index in [1.165, 1.54) is 32.1 Å². The standard InChI is InChI=1S/C14H26N4O/c1-4-10-15-11(2)12-17-18-13(19-12)16-14(3)8-6-5-7-9-14/h11,15H,4-10H2,1-3H3,(H,16,18). The lowest BCUT2D eigenvalue weighted by Gasteiger charge is -2.33. The summed E-state index contributed by atoms with van der Waals surface area (Å²) in [5.74, 6) is 0.662. The van der Waals surface area contributed by atoms with Gasteiger partial charge in [0.15, 0.2) is 0 Å².